The fourth-order valence-corrected chi connectivity index (χ4v) is 3.74. The van der Waals surface area contributed by atoms with Gasteiger partial charge in [0, 0.05) is 29.7 Å². The second kappa shape index (κ2) is 8.84. The maximum absolute atomic E-state index is 10.8. The Balaban J connectivity index is 1.67. The van der Waals surface area contributed by atoms with Gasteiger partial charge in [0.25, 0.3) is 0 Å². The Kier molecular flexibility index (Phi) is 6.26. The first-order chi connectivity index (χ1) is 12.3. The Hall–Kier alpha value is -2.10. The summed E-state index contributed by atoms with van der Waals surface area (Å²) >= 11 is 0. The SMILES string of the molecule is NC(=O)CCCCCCNc1c2c(nc3ccccc13)CCCCC2. The zero-order valence-corrected chi connectivity index (χ0v) is 15.0. The van der Waals surface area contributed by atoms with E-state index in [2.05, 4.69) is 29.6 Å². The van der Waals surface area contributed by atoms with Crippen LogP contribution in [0.1, 0.15) is 62.6 Å². The standard InChI is InChI=1S/C21H29N3O/c22-20(25)14-6-1-2-9-15-23-21-16-10-4-3-5-12-18(16)24-19-13-8-7-11-17(19)21/h7-8,11,13H,1-6,9-10,12,14-15H2,(H2,22,25)(H,23,24). The van der Waals surface area contributed by atoms with E-state index in [1.54, 1.807) is 0 Å². The van der Waals surface area contributed by atoms with Crippen LogP contribution in [0.5, 0.6) is 0 Å². The zero-order chi connectivity index (χ0) is 17.5. The molecule has 0 saturated carbocycles. The van der Waals surface area contributed by atoms with Crippen LogP contribution in [-0.4, -0.2) is 17.4 Å². The minimum Gasteiger partial charge on any atom is -0.384 e. The second-order valence-corrected chi connectivity index (χ2v) is 7.05. The number of hydrogen-bond donors (Lipinski definition) is 2. The van der Waals surface area contributed by atoms with Gasteiger partial charge in [-0.15, -0.1) is 0 Å². The van der Waals surface area contributed by atoms with Crippen LogP contribution in [0.2, 0.25) is 0 Å². The fraction of sp³-hybridized carbons (Fsp3) is 0.524. The lowest BCUT2D eigenvalue weighted by Gasteiger charge is -2.17. The average molecular weight is 339 g/mol. The van der Waals surface area contributed by atoms with Crippen molar-refractivity contribution in [1.82, 2.24) is 4.98 Å². The van der Waals surface area contributed by atoms with E-state index in [0.717, 1.165) is 50.6 Å². The topological polar surface area (TPSA) is 68.0 Å². The van der Waals surface area contributed by atoms with E-state index in [-0.39, 0.29) is 5.91 Å². The lowest BCUT2D eigenvalue weighted by Crippen LogP contribution is -2.10. The number of unbranched alkanes of at least 4 members (excludes halogenated alkanes) is 3. The van der Waals surface area contributed by atoms with Crippen molar-refractivity contribution < 1.29 is 4.79 Å². The second-order valence-electron chi connectivity index (χ2n) is 7.05. The number of aromatic nitrogens is 1. The summed E-state index contributed by atoms with van der Waals surface area (Å²) in [7, 11) is 0. The number of fused-ring (bicyclic) bond motifs is 2. The Morgan fingerprint density at radius 3 is 2.72 bits per heavy atom. The summed E-state index contributed by atoms with van der Waals surface area (Å²) in [5, 5.41) is 4.96. The van der Waals surface area contributed by atoms with Crippen LogP contribution in [-0.2, 0) is 17.6 Å². The number of carbonyl (C=O) groups excluding carboxylic acids is 1. The van der Waals surface area contributed by atoms with Gasteiger partial charge in [0.2, 0.25) is 5.91 Å². The number of nitrogens with zero attached hydrogens (tertiary/aromatic N) is 1. The molecule has 0 fully saturated rings. The van der Waals surface area contributed by atoms with Gasteiger partial charge in [-0.3, -0.25) is 9.78 Å². The molecule has 0 atom stereocenters. The third-order valence-corrected chi connectivity index (χ3v) is 5.07. The normalized spacial score (nSPS) is 14.1. The molecule has 0 aliphatic heterocycles. The molecule has 0 radical (unpaired) electrons. The van der Waals surface area contributed by atoms with Crippen LogP contribution in [0.4, 0.5) is 5.69 Å². The predicted molar refractivity (Wildman–Crippen MR) is 104 cm³/mol. The molecule has 1 aromatic carbocycles. The minimum atomic E-state index is -0.191. The lowest BCUT2D eigenvalue weighted by molar-refractivity contribution is -0.118. The number of para-hydroxylation sites is 1. The predicted octanol–water partition coefficient (Wildman–Crippen LogP) is 4.35. The molecule has 0 bridgehead atoms. The molecule has 25 heavy (non-hydrogen) atoms. The highest BCUT2D eigenvalue weighted by Crippen LogP contribution is 2.32. The zero-order valence-electron chi connectivity index (χ0n) is 15.0. The van der Waals surface area contributed by atoms with E-state index < -0.39 is 0 Å². The van der Waals surface area contributed by atoms with Gasteiger partial charge in [-0.05, 0) is 50.2 Å². The van der Waals surface area contributed by atoms with Gasteiger partial charge < -0.3 is 11.1 Å². The van der Waals surface area contributed by atoms with Crippen molar-refractivity contribution in [2.45, 2.75) is 64.2 Å². The van der Waals surface area contributed by atoms with Crippen molar-refractivity contribution in [2.24, 2.45) is 5.73 Å². The number of aryl methyl sites for hydroxylation is 1. The number of nitrogens with one attached hydrogen (secondary N) is 1. The van der Waals surface area contributed by atoms with E-state index >= 15 is 0 Å². The highest BCUT2D eigenvalue weighted by molar-refractivity contribution is 5.93. The van der Waals surface area contributed by atoms with E-state index in [1.165, 1.54) is 41.6 Å². The molecule has 1 aliphatic rings. The summed E-state index contributed by atoms with van der Waals surface area (Å²) in [6, 6.07) is 8.47. The molecule has 3 N–H and O–H groups in total. The number of amides is 1. The number of benzene rings is 1. The maximum atomic E-state index is 10.8. The molecule has 134 valence electrons. The third-order valence-electron chi connectivity index (χ3n) is 5.07. The highest BCUT2D eigenvalue weighted by Gasteiger charge is 2.16. The van der Waals surface area contributed by atoms with Crippen LogP contribution < -0.4 is 11.1 Å². The van der Waals surface area contributed by atoms with Crippen molar-refractivity contribution in [3.05, 3.63) is 35.5 Å². The first kappa shape index (κ1) is 17.7. The van der Waals surface area contributed by atoms with E-state index in [9.17, 15) is 4.79 Å². The molecule has 1 aromatic heterocycles. The van der Waals surface area contributed by atoms with Gasteiger partial charge in [0.05, 0.1) is 5.52 Å². The number of carbonyl (C=O) groups is 1. The molecule has 4 nitrogen and oxygen atoms in total. The molecule has 0 unspecified atom stereocenters. The minimum absolute atomic E-state index is 0.191. The molecular formula is C21H29N3O. The Morgan fingerprint density at radius 2 is 1.84 bits per heavy atom. The van der Waals surface area contributed by atoms with E-state index in [1.807, 2.05) is 0 Å². The molecule has 0 spiro atoms. The van der Waals surface area contributed by atoms with Gasteiger partial charge in [0.1, 0.15) is 0 Å². The van der Waals surface area contributed by atoms with Crippen LogP contribution in [0.25, 0.3) is 10.9 Å². The largest absolute Gasteiger partial charge is 0.384 e. The summed E-state index contributed by atoms with van der Waals surface area (Å²) in [6.07, 6.45) is 10.8. The first-order valence-corrected chi connectivity index (χ1v) is 9.68. The quantitative estimate of drug-likeness (QED) is 0.555. The van der Waals surface area contributed by atoms with E-state index in [4.69, 9.17) is 10.7 Å². The first-order valence-electron chi connectivity index (χ1n) is 9.68. The Bertz CT molecular complexity index is 726. The molecule has 3 rings (SSSR count). The van der Waals surface area contributed by atoms with E-state index in [0.29, 0.717) is 6.42 Å². The highest BCUT2D eigenvalue weighted by atomic mass is 16.1. The average Bonchev–Trinajstić information content (AvgIpc) is 2.85. The summed E-state index contributed by atoms with van der Waals surface area (Å²) in [5.41, 5.74) is 10.3. The van der Waals surface area contributed by atoms with Gasteiger partial charge in [0.15, 0.2) is 0 Å². The summed E-state index contributed by atoms with van der Waals surface area (Å²) in [6.45, 7) is 0.969. The maximum Gasteiger partial charge on any atom is 0.217 e. The van der Waals surface area contributed by atoms with Gasteiger partial charge in [-0.2, -0.15) is 0 Å². The van der Waals surface area contributed by atoms with Crippen molar-refractivity contribution in [3.8, 4) is 0 Å². The molecular weight excluding hydrogens is 310 g/mol. The third kappa shape index (κ3) is 4.71. The van der Waals surface area contributed by atoms with Gasteiger partial charge in [-0.1, -0.05) is 37.5 Å². The summed E-state index contributed by atoms with van der Waals surface area (Å²) in [4.78, 5) is 15.7. The van der Waals surface area contributed by atoms with Gasteiger partial charge >= 0.3 is 0 Å². The van der Waals surface area contributed by atoms with Crippen LogP contribution in [0, 0.1) is 0 Å². The van der Waals surface area contributed by atoms with Crippen LogP contribution in [0.3, 0.4) is 0 Å². The summed E-state index contributed by atoms with van der Waals surface area (Å²) < 4.78 is 0. The Morgan fingerprint density at radius 1 is 1.04 bits per heavy atom. The fourth-order valence-electron chi connectivity index (χ4n) is 3.74. The summed E-state index contributed by atoms with van der Waals surface area (Å²) in [5.74, 6) is -0.191. The number of nitrogens with two attached hydrogens (primary N) is 1. The molecule has 1 heterocycles. The smallest absolute Gasteiger partial charge is 0.217 e. The van der Waals surface area contributed by atoms with Crippen molar-refractivity contribution in [2.75, 3.05) is 11.9 Å². The van der Waals surface area contributed by atoms with Crippen LogP contribution >= 0.6 is 0 Å². The number of primary amides is 1. The lowest BCUT2D eigenvalue weighted by atomic mass is 10.0. The molecule has 1 aliphatic carbocycles. The van der Waals surface area contributed by atoms with Crippen molar-refractivity contribution in [1.29, 1.82) is 0 Å². The molecule has 2 aromatic rings. The number of rotatable bonds is 8. The molecule has 4 heteroatoms. The number of pyridine rings is 1. The number of anilines is 1. The molecule has 0 saturated heterocycles. The molecule has 1 amide bonds. The van der Waals surface area contributed by atoms with Gasteiger partial charge in [-0.25, -0.2) is 0 Å². The van der Waals surface area contributed by atoms with Crippen LogP contribution in [0.15, 0.2) is 24.3 Å². The Labute approximate surface area is 150 Å². The monoisotopic (exact) mass is 339 g/mol. The van der Waals surface area contributed by atoms with Crippen molar-refractivity contribution >= 4 is 22.5 Å². The number of hydrogen-bond acceptors (Lipinski definition) is 3. The van der Waals surface area contributed by atoms with Crippen molar-refractivity contribution in [3.63, 3.8) is 0 Å².